The number of rotatable bonds is 4. The van der Waals surface area contributed by atoms with Crippen LogP contribution in [0.5, 0.6) is 11.5 Å². The van der Waals surface area contributed by atoms with E-state index in [0.29, 0.717) is 24.0 Å². The number of nitrogens with zero attached hydrogens (tertiary/aromatic N) is 2. The van der Waals surface area contributed by atoms with Crippen molar-refractivity contribution in [3.05, 3.63) is 22.2 Å². The van der Waals surface area contributed by atoms with Gasteiger partial charge in [0.15, 0.2) is 17.5 Å². The topological polar surface area (TPSA) is 60.1 Å². The number of benzene rings is 1. The highest BCUT2D eigenvalue weighted by Gasteiger charge is 2.12. The van der Waals surface area contributed by atoms with Crippen LogP contribution in [0.3, 0.4) is 0 Å². The molecule has 5 nitrogen and oxygen atoms in total. The van der Waals surface area contributed by atoms with Gasteiger partial charge in [0.2, 0.25) is 0 Å². The largest absolute Gasteiger partial charge is 0.493 e. The smallest absolute Gasteiger partial charge is 0.191 e. The summed E-state index contributed by atoms with van der Waals surface area (Å²) in [6.07, 6.45) is 4.95. The van der Waals surface area contributed by atoms with E-state index < -0.39 is 0 Å². The SMILES string of the molecule is COc1cc(CN=C(N)N2CCCCCC2)cc(Br)c1OC.I. The summed E-state index contributed by atoms with van der Waals surface area (Å²) in [5.74, 6) is 2.01. The lowest BCUT2D eigenvalue weighted by Gasteiger charge is -2.21. The van der Waals surface area contributed by atoms with E-state index in [-0.39, 0.29) is 24.0 Å². The van der Waals surface area contributed by atoms with Crippen molar-refractivity contribution in [2.75, 3.05) is 27.3 Å². The maximum atomic E-state index is 6.14. The summed E-state index contributed by atoms with van der Waals surface area (Å²) in [4.78, 5) is 6.72. The fraction of sp³-hybridized carbons (Fsp3) is 0.562. The number of hydrogen-bond donors (Lipinski definition) is 1. The number of nitrogens with two attached hydrogens (primary N) is 1. The van der Waals surface area contributed by atoms with E-state index in [4.69, 9.17) is 15.2 Å². The van der Waals surface area contributed by atoms with Crippen LogP contribution in [0.4, 0.5) is 0 Å². The molecule has 1 heterocycles. The first kappa shape index (κ1) is 20.3. The normalized spacial score (nSPS) is 15.6. The zero-order chi connectivity index (χ0) is 15.9. The van der Waals surface area contributed by atoms with Crippen molar-refractivity contribution in [3.63, 3.8) is 0 Å². The van der Waals surface area contributed by atoms with Gasteiger partial charge >= 0.3 is 0 Å². The molecule has 1 aliphatic rings. The number of guanidine groups is 1. The molecule has 1 aromatic rings. The van der Waals surface area contributed by atoms with Crippen LogP contribution in [0.2, 0.25) is 0 Å². The van der Waals surface area contributed by atoms with Crippen molar-refractivity contribution in [2.24, 2.45) is 10.7 Å². The highest BCUT2D eigenvalue weighted by molar-refractivity contribution is 14.0. The maximum absolute atomic E-state index is 6.14. The Morgan fingerprint density at radius 1 is 1.17 bits per heavy atom. The van der Waals surface area contributed by atoms with E-state index in [2.05, 4.69) is 25.8 Å². The van der Waals surface area contributed by atoms with Crippen molar-refractivity contribution >= 4 is 45.9 Å². The fourth-order valence-corrected chi connectivity index (χ4v) is 3.29. The van der Waals surface area contributed by atoms with Gasteiger partial charge < -0.3 is 20.1 Å². The Balaban J connectivity index is 0.00000264. The highest BCUT2D eigenvalue weighted by atomic mass is 127. The second-order valence-electron chi connectivity index (χ2n) is 5.39. The molecule has 2 rings (SSSR count). The molecule has 0 unspecified atom stereocenters. The van der Waals surface area contributed by atoms with Crippen molar-refractivity contribution < 1.29 is 9.47 Å². The fourth-order valence-electron chi connectivity index (χ4n) is 2.63. The summed E-state index contributed by atoms with van der Waals surface area (Å²) >= 11 is 3.50. The Morgan fingerprint density at radius 3 is 2.39 bits per heavy atom. The van der Waals surface area contributed by atoms with Gasteiger partial charge in [0, 0.05) is 13.1 Å². The molecular formula is C16H25BrIN3O2. The van der Waals surface area contributed by atoms with Crippen LogP contribution < -0.4 is 15.2 Å². The summed E-state index contributed by atoms with van der Waals surface area (Å²) in [6.45, 7) is 2.54. The Bertz CT molecular complexity index is 532. The first-order chi connectivity index (χ1) is 10.7. The van der Waals surface area contributed by atoms with Crippen LogP contribution >= 0.6 is 39.9 Å². The lowest BCUT2D eigenvalue weighted by molar-refractivity contribution is 0.352. The monoisotopic (exact) mass is 497 g/mol. The van der Waals surface area contributed by atoms with Gasteiger partial charge in [0.1, 0.15) is 0 Å². The van der Waals surface area contributed by atoms with Crippen LogP contribution in [0, 0.1) is 0 Å². The summed E-state index contributed by atoms with van der Waals surface area (Å²) in [6, 6.07) is 3.92. The van der Waals surface area contributed by atoms with Gasteiger partial charge in [-0.15, -0.1) is 24.0 Å². The third-order valence-electron chi connectivity index (χ3n) is 3.85. The predicted molar refractivity (Wildman–Crippen MR) is 108 cm³/mol. The lowest BCUT2D eigenvalue weighted by atomic mass is 10.2. The van der Waals surface area contributed by atoms with Gasteiger partial charge in [-0.1, -0.05) is 12.8 Å². The predicted octanol–water partition coefficient (Wildman–Crippen LogP) is 3.78. The zero-order valence-corrected chi connectivity index (χ0v) is 17.6. The number of hydrogen-bond acceptors (Lipinski definition) is 3. The van der Waals surface area contributed by atoms with Crippen LogP contribution in [0.1, 0.15) is 31.2 Å². The van der Waals surface area contributed by atoms with Crippen molar-refractivity contribution in [1.29, 1.82) is 0 Å². The minimum absolute atomic E-state index is 0. The van der Waals surface area contributed by atoms with E-state index in [1.54, 1.807) is 14.2 Å². The van der Waals surface area contributed by atoms with Crippen LogP contribution in [-0.2, 0) is 6.54 Å². The van der Waals surface area contributed by atoms with Gasteiger partial charge in [0.25, 0.3) is 0 Å². The first-order valence-corrected chi connectivity index (χ1v) is 8.40. The summed E-state index contributed by atoms with van der Waals surface area (Å²) in [5, 5.41) is 0. The third kappa shape index (κ3) is 5.70. The minimum Gasteiger partial charge on any atom is -0.493 e. The van der Waals surface area contributed by atoms with Gasteiger partial charge in [0.05, 0.1) is 25.2 Å². The van der Waals surface area contributed by atoms with E-state index in [9.17, 15) is 0 Å². The Morgan fingerprint density at radius 2 is 1.83 bits per heavy atom. The summed E-state index contributed by atoms with van der Waals surface area (Å²) in [7, 11) is 3.25. The Hall–Kier alpha value is -0.700. The molecule has 1 saturated heterocycles. The van der Waals surface area contributed by atoms with Crippen LogP contribution in [0.25, 0.3) is 0 Å². The van der Waals surface area contributed by atoms with Crippen LogP contribution in [-0.4, -0.2) is 38.2 Å². The lowest BCUT2D eigenvalue weighted by Crippen LogP contribution is -2.38. The van der Waals surface area contributed by atoms with Gasteiger partial charge in [-0.3, -0.25) is 0 Å². The average Bonchev–Trinajstić information content (AvgIpc) is 2.81. The van der Waals surface area contributed by atoms with Crippen LogP contribution in [0.15, 0.2) is 21.6 Å². The number of methoxy groups -OCH3 is 2. The summed E-state index contributed by atoms with van der Waals surface area (Å²) < 4.78 is 11.5. The van der Waals surface area contributed by atoms with E-state index in [1.807, 2.05) is 12.1 Å². The average molecular weight is 498 g/mol. The van der Waals surface area contributed by atoms with E-state index in [0.717, 1.165) is 23.1 Å². The Kier molecular flexibility index (Phi) is 9.04. The molecule has 0 aliphatic carbocycles. The molecule has 0 radical (unpaired) electrons. The molecule has 0 bridgehead atoms. The van der Waals surface area contributed by atoms with Gasteiger partial charge in [-0.05, 0) is 46.5 Å². The number of ether oxygens (including phenoxy) is 2. The molecule has 23 heavy (non-hydrogen) atoms. The molecule has 7 heteroatoms. The van der Waals surface area contributed by atoms with Crippen molar-refractivity contribution in [2.45, 2.75) is 32.2 Å². The van der Waals surface area contributed by atoms with E-state index >= 15 is 0 Å². The minimum atomic E-state index is 0. The van der Waals surface area contributed by atoms with Crippen molar-refractivity contribution in [1.82, 2.24) is 4.90 Å². The zero-order valence-electron chi connectivity index (χ0n) is 13.7. The second kappa shape index (κ2) is 10.2. The third-order valence-corrected chi connectivity index (χ3v) is 4.44. The Labute approximate surface area is 163 Å². The first-order valence-electron chi connectivity index (χ1n) is 7.61. The van der Waals surface area contributed by atoms with Gasteiger partial charge in [-0.2, -0.15) is 0 Å². The maximum Gasteiger partial charge on any atom is 0.191 e. The molecule has 0 aromatic heterocycles. The number of likely N-dealkylation sites (tertiary alicyclic amines) is 1. The molecular weight excluding hydrogens is 473 g/mol. The quantitative estimate of drug-likeness (QED) is 0.390. The molecule has 0 atom stereocenters. The van der Waals surface area contributed by atoms with E-state index in [1.165, 1.54) is 25.7 Å². The molecule has 0 saturated carbocycles. The van der Waals surface area contributed by atoms with Gasteiger partial charge in [-0.25, -0.2) is 4.99 Å². The highest BCUT2D eigenvalue weighted by Crippen LogP contribution is 2.36. The molecule has 130 valence electrons. The molecule has 0 amide bonds. The van der Waals surface area contributed by atoms with Crippen molar-refractivity contribution in [3.8, 4) is 11.5 Å². The second-order valence-corrected chi connectivity index (χ2v) is 6.24. The molecule has 1 aromatic carbocycles. The standard InChI is InChI=1S/C16H24BrN3O2.HI/c1-21-14-10-12(9-13(17)15(14)22-2)11-19-16(18)20-7-5-3-4-6-8-20;/h9-10H,3-8,11H2,1-2H3,(H2,18,19);1H. The molecule has 2 N–H and O–H groups in total. The molecule has 0 spiro atoms. The number of aliphatic imine (C=N–C) groups is 1. The molecule has 1 fully saturated rings. The number of halogens is 2. The molecule has 1 aliphatic heterocycles. The summed E-state index contributed by atoms with van der Waals surface area (Å²) in [5.41, 5.74) is 7.17.